The zero-order valence-electron chi connectivity index (χ0n) is 13.2. The van der Waals surface area contributed by atoms with Gasteiger partial charge in [0.15, 0.2) is 0 Å². The molecule has 1 fully saturated rings. The van der Waals surface area contributed by atoms with Crippen LogP contribution in [0.25, 0.3) is 0 Å². The Morgan fingerprint density at radius 1 is 1.25 bits per heavy atom. The minimum absolute atomic E-state index is 0.502. The van der Waals surface area contributed by atoms with Crippen LogP contribution >= 0.6 is 0 Å². The summed E-state index contributed by atoms with van der Waals surface area (Å²) in [5.74, 6) is 0.718. The smallest absolute Gasteiger partial charge is 0.0913 e. The number of rotatable bonds is 5. The molecule has 1 unspecified atom stereocenters. The fraction of sp³-hybridized carbons (Fsp3) is 0.579. The van der Waals surface area contributed by atoms with E-state index in [1.807, 2.05) is 0 Å². The first-order valence-electron chi connectivity index (χ1n) is 7.95. The predicted molar refractivity (Wildman–Crippen MR) is 85.6 cm³/mol. The summed E-state index contributed by atoms with van der Waals surface area (Å²) in [5, 5.41) is 0. The van der Waals surface area contributed by atoms with Crippen LogP contribution < -0.4 is 0 Å². The first-order valence-corrected chi connectivity index (χ1v) is 7.95. The Morgan fingerprint density at radius 3 is 2.70 bits per heavy atom. The molecule has 0 aliphatic heterocycles. The predicted octanol–water partition coefficient (Wildman–Crippen LogP) is 5.37. The molecule has 0 saturated heterocycles. The van der Waals surface area contributed by atoms with E-state index in [0.29, 0.717) is 5.41 Å². The van der Waals surface area contributed by atoms with Crippen LogP contribution in [-0.2, 0) is 11.2 Å². The lowest BCUT2D eigenvalue weighted by Crippen LogP contribution is -2.24. The zero-order chi connectivity index (χ0) is 14.4. The molecule has 1 atom stereocenters. The molecule has 20 heavy (non-hydrogen) atoms. The summed E-state index contributed by atoms with van der Waals surface area (Å²) < 4.78 is 5.82. The van der Waals surface area contributed by atoms with Crippen molar-refractivity contribution in [1.82, 2.24) is 0 Å². The van der Waals surface area contributed by atoms with Gasteiger partial charge in [-0.3, -0.25) is 0 Å². The van der Waals surface area contributed by atoms with Crippen LogP contribution in [0, 0.1) is 11.3 Å². The van der Waals surface area contributed by atoms with Crippen LogP contribution in [0.3, 0.4) is 0 Å². The lowest BCUT2D eigenvalue weighted by atomic mass is 9.69. The fourth-order valence-corrected chi connectivity index (χ4v) is 3.14. The lowest BCUT2D eigenvalue weighted by molar-refractivity contribution is 0.201. The molecule has 1 saturated carbocycles. The van der Waals surface area contributed by atoms with E-state index >= 15 is 0 Å². The second kappa shape index (κ2) is 6.97. The molecule has 0 bridgehead atoms. The van der Waals surface area contributed by atoms with Crippen LogP contribution in [0.15, 0.2) is 42.2 Å². The molecule has 0 radical (unpaired) electrons. The summed E-state index contributed by atoms with van der Waals surface area (Å²) in [6.45, 7) is 7.86. The van der Waals surface area contributed by atoms with Gasteiger partial charge in [-0.25, -0.2) is 0 Å². The van der Waals surface area contributed by atoms with E-state index in [1.165, 1.54) is 36.8 Å². The SMILES string of the molecule is CCC1CC(C)(C)CCC1=COCCc1ccccc1. The van der Waals surface area contributed by atoms with Crippen LogP contribution in [0.1, 0.15) is 52.0 Å². The molecule has 1 aliphatic carbocycles. The summed E-state index contributed by atoms with van der Waals surface area (Å²) in [5.41, 5.74) is 3.38. The van der Waals surface area contributed by atoms with E-state index in [0.717, 1.165) is 18.9 Å². The van der Waals surface area contributed by atoms with Gasteiger partial charge in [0.1, 0.15) is 0 Å². The highest BCUT2D eigenvalue weighted by molar-refractivity contribution is 5.15. The summed E-state index contributed by atoms with van der Waals surface area (Å²) in [4.78, 5) is 0. The maximum atomic E-state index is 5.82. The van der Waals surface area contributed by atoms with Crippen molar-refractivity contribution in [2.45, 2.75) is 52.9 Å². The van der Waals surface area contributed by atoms with Gasteiger partial charge in [-0.05, 0) is 48.2 Å². The number of hydrogen-bond acceptors (Lipinski definition) is 1. The van der Waals surface area contributed by atoms with Crippen molar-refractivity contribution in [3.63, 3.8) is 0 Å². The van der Waals surface area contributed by atoms with E-state index in [2.05, 4.69) is 57.4 Å². The largest absolute Gasteiger partial charge is 0.501 e. The van der Waals surface area contributed by atoms with Crippen molar-refractivity contribution < 1.29 is 4.74 Å². The summed E-state index contributed by atoms with van der Waals surface area (Å²) in [6, 6.07) is 10.6. The van der Waals surface area contributed by atoms with E-state index in [4.69, 9.17) is 4.74 Å². The van der Waals surface area contributed by atoms with Gasteiger partial charge in [-0.2, -0.15) is 0 Å². The minimum Gasteiger partial charge on any atom is -0.501 e. The van der Waals surface area contributed by atoms with Crippen LogP contribution in [0.5, 0.6) is 0 Å². The first kappa shape index (κ1) is 15.2. The van der Waals surface area contributed by atoms with Gasteiger partial charge in [0.2, 0.25) is 0 Å². The summed E-state index contributed by atoms with van der Waals surface area (Å²) in [7, 11) is 0. The molecule has 0 N–H and O–H groups in total. The standard InChI is InChI=1S/C19H28O/c1-4-17-14-19(2,3)12-10-18(17)15-20-13-11-16-8-6-5-7-9-16/h5-9,15,17H,4,10-14H2,1-3H3. The van der Waals surface area contributed by atoms with Gasteiger partial charge in [-0.1, -0.05) is 51.1 Å². The quantitative estimate of drug-likeness (QED) is 0.517. The Labute approximate surface area is 124 Å². The maximum Gasteiger partial charge on any atom is 0.0913 e. The topological polar surface area (TPSA) is 9.23 Å². The Morgan fingerprint density at radius 2 is 2.00 bits per heavy atom. The third-order valence-corrected chi connectivity index (χ3v) is 4.49. The van der Waals surface area contributed by atoms with E-state index in [-0.39, 0.29) is 0 Å². The van der Waals surface area contributed by atoms with Crippen LogP contribution in [-0.4, -0.2) is 6.61 Å². The molecule has 1 aromatic carbocycles. The lowest BCUT2D eigenvalue weighted by Gasteiger charge is -2.36. The van der Waals surface area contributed by atoms with Crippen molar-refractivity contribution in [2.24, 2.45) is 11.3 Å². The van der Waals surface area contributed by atoms with Gasteiger partial charge >= 0.3 is 0 Å². The van der Waals surface area contributed by atoms with Crippen molar-refractivity contribution in [3.05, 3.63) is 47.7 Å². The Hall–Kier alpha value is -1.24. The van der Waals surface area contributed by atoms with Crippen molar-refractivity contribution in [2.75, 3.05) is 6.61 Å². The molecule has 0 heterocycles. The number of ether oxygens (including phenoxy) is 1. The molecular weight excluding hydrogens is 244 g/mol. The van der Waals surface area contributed by atoms with Crippen molar-refractivity contribution >= 4 is 0 Å². The van der Waals surface area contributed by atoms with Gasteiger partial charge in [-0.15, -0.1) is 0 Å². The zero-order valence-corrected chi connectivity index (χ0v) is 13.2. The van der Waals surface area contributed by atoms with Crippen molar-refractivity contribution in [3.8, 4) is 0 Å². The molecule has 1 aliphatic rings. The molecule has 0 amide bonds. The third-order valence-electron chi connectivity index (χ3n) is 4.49. The van der Waals surface area contributed by atoms with Gasteiger partial charge < -0.3 is 4.74 Å². The first-order chi connectivity index (χ1) is 9.61. The Balaban J connectivity index is 1.82. The molecule has 2 rings (SSSR count). The monoisotopic (exact) mass is 272 g/mol. The molecule has 1 heteroatoms. The number of benzene rings is 1. The highest BCUT2D eigenvalue weighted by atomic mass is 16.5. The van der Waals surface area contributed by atoms with E-state index < -0.39 is 0 Å². The van der Waals surface area contributed by atoms with Gasteiger partial charge in [0.05, 0.1) is 12.9 Å². The normalized spacial score (nSPS) is 23.8. The minimum atomic E-state index is 0.502. The highest BCUT2D eigenvalue weighted by Crippen LogP contribution is 2.42. The van der Waals surface area contributed by atoms with E-state index in [9.17, 15) is 0 Å². The molecule has 0 aromatic heterocycles. The summed E-state index contributed by atoms with van der Waals surface area (Å²) >= 11 is 0. The number of hydrogen-bond donors (Lipinski definition) is 0. The van der Waals surface area contributed by atoms with Crippen LogP contribution in [0.4, 0.5) is 0 Å². The molecule has 110 valence electrons. The fourth-order valence-electron chi connectivity index (χ4n) is 3.14. The van der Waals surface area contributed by atoms with Crippen molar-refractivity contribution in [1.29, 1.82) is 0 Å². The van der Waals surface area contributed by atoms with Crippen LogP contribution in [0.2, 0.25) is 0 Å². The Bertz CT molecular complexity index is 430. The van der Waals surface area contributed by atoms with Gasteiger partial charge in [0, 0.05) is 6.42 Å². The maximum absolute atomic E-state index is 5.82. The molecule has 1 nitrogen and oxygen atoms in total. The number of allylic oxidation sites excluding steroid dienone is 1. The third kappa shape index (κ3) is 4.40. The molecule has 0 spiro atoms. The Kier molecular flexibility index (Phi) is 5.28. The average molecular weight is 272 g/mol. The van der Waals surface area contributed by atoms with Gasteiger partial charge in [0.25, 0.3) is 0 Å². The second-order valence-corrected chi connectivity index (χ2v) is 6.77. The molecular formula is C19H28O. The molecule has 1 aromatic rings. The highest BCUT2D eigenvalue weighted by Gasteiger charge is 2.30. The summed E-state index contributed by atoms with van der Waals surface area (Å²) in [6.07, 6.45) is 8.09. The second-order valence-electron chi connectivity index (χ2n) is 6.77. The average Bonchev–Trinajstić information content (AvgIpc) is 2.45. The van der Waals surface area contributed by atoms with E-state index in [1.54, 1.807) is 0 Å².